The lowest BCUT2D eigenvalue weighted by Crippen LogP contribution is -2.20. The highest BCUT2D eigenvalue weighted by Crippen LogP contribution is 2.40. The number of aromatic amines is 1. The molecule has 0 saturated carbocycles. The molecular weight excluding hydrogens is 278 g/mol. The van der Waals surface area contributed by atoms with E-state index in [1.165, 1.54) is 5.56 Å². The number of benzene rings is 1. The average Bonchev–Trinajstić information content (AvgIpc) is 3.13. The third kappa shape index (κ3) is 1.27. The second-order valence-corrected chi connectivity index (χ2v) is 6.07. The molecule has 5 rings (SSSR count). The molecule has 1 aliphatic carbocycles. The number of imide groups is 1. The first-order valence-corrected chi connectivity index (χ1v) is 7.47. The van der Waals surface area contributed by atoms with Crippen LogP contribution >= 0.6 is 0 Å². The third-order valence-electron chi connectivity index (χ3n) is 4.80. The van der Waals surface area contributed by atoms with Gasteiger partial charge >= 0.3 is 0 Å². The van der Waals surface area contributed by atoms with Gasteiger partial charge in [-0.15, -0.1) is 0 Å². The van der Waals surface area contributed by atoms with Gasteiger partial charge in [0.25, 0.3) is 11.8 Å². The molecule has 2 aromatic heterocycles. The Labute approximate surface area is 125 Å². The van der Waals surface area contributed by atoms with Gasteiger partial charge in [-0.05, 0) is 49.4 Å². The van der Waals surface area contributed by atoms with Crippen LogP contribution in [0.2, 0.25) is 0 Å². The van der Waals surface area contributed by atoms with Gasteiger partial charge in [0.05, 0.1) is 16.6 Å². The molecule has 1 aromatic carbocycles. The monoisotopic (exact) mass is 291 g/mol. The normalized spacial score (nSPS) is 16.4. The molecule has 3 heterocycles. The fraction of sp³-hybridized carbons (Fsp3) is 0.235. The van der Waals surface area contributed by atoms with Crippen LogP contribution in [0.4, 0.5) is 0 Å². The lowest BCUT2D eigenvalue weighted by atomic mass is 9.94. The molecule has 0 fully saturated rings. The number of amides is 2. The summed E-state index contributed by atoms with van der Waals surface area (Å²) in [6.45, 7) is 1.94. The molecule has 0 saturated heterocycles. The first kappa shape index (κ1) is 11.9. The smallest absolute Gasteiger partial charge is 0.259 e. The van der Waals surface area contributed by atoms with E-state index in [2.05, 4.69) is 15.3 Å². The summed E-state index contributed by atoms with van der Waals surface area (Å²) < 4.78 is 0. The second kappa shape index (κ2) is 3.74. The molecule has 0 radical (unpaired) electrons. The minimum absolute atomic E-state index is 0.255. The van der Waals surface area contributed by atoms with Crippen LogP contribution in [0.5, 0.6) is 0 Å². The van der Waals surface area contributed by atoms with Crippen molar-refractivity contribution in [2.45, 2.75) is 26.2 Å². The highest BCUT2D eigenvalue weighted by molar-refractivity contribution is 6.31. The van der Waals surface area contributed by atoms with Crippen LogP contribution in [0.15, 0.2) is 12.1 Å². The number of aromatic nitrogens is 2. The van der Waals surface area contributed by atoms with Crippen molar-refractivity contribution in [2.75, 3.05) is 0 Å². The standard InChI is InChI=1S/C17H13N3O2/c1-7-5-6-10-11-13-12(16(21)20-17(13)22)8-3-2-4-9(8)14(11)19-15(10)18-7/h5-6H,2-4H2,1H3,(H,18,19)(H,20,21,22). The van der Waals surface area contributed by atoms with E-state index in [0.29, 0.717) is 11.1 Å². The fourth-order valence-corrected chi connectivity index (χ4v) is 3.93. The van der Waals surface area contributed by atoms with E-state index < -0.39 is 0 Å². The molecule has 0 unspecified atom stereocenters. The number of pyridine rings is 1. The summed E-state index contributed by atoms with van der Waals surface area (Å²) >= 11 is 0. The van der Waals surface area contributed by atoms with Crippen molar-refractivity contribution in [3.05, 3.63) is 40.1 Å². The van der Waals surface area contributed by atoms with Gasteiger partial charge in [-0.25, -0.2) is 4.98 Å². The van der Waals surface area contributed by atoms with Crippen LogP contribution in [-0.2, 0) is 12.8 Å². The highest BCUT2D eigenvalue weighted by Gasteiger charge is 2.36. The number of nitrogens with zero attached hydrogens (tertiary/aromatic N) is 1. The number of aryl methyl sites for hydroxylation is 2. The van der Waals surface area contributed by atoms with Crippen molar-refractivity contribution < 1.29 is 9.59 Å². The fourth-order valence-electron chi connectivity index (χ4n) is 3.93. The Hall–Kier alpha value is -2.69. The van der Waals surface area contributed by atoms with Crippen LogP contribution in [0.25, 0.3) is 21.9 Å². The Kier molecular flexibility index (Phi) is 2.02. The Morgan fingerprint density at radius 2 is 1.82 bits per heavy atom. The van der Waals surface area contributed by atoms with Gasteiger partial charge in [0.2, 0.25) is 0 Å². The van der Waals surface area contributed by atoms with Crippen LogP contribution in [0.3, 0.4) is 0 Å². The summed E-state index contributed by atoms with van der Waals surface area (Å²) in [5.41, 5.74) is 6.01. The Balaban J connectivity index is 2.08. The van der Waals surface area contributed by atoms with E-state index in [1.807, 2.05) is 19.1 Å². The maximum absolute atomic E-state index is 12.3. The number of H-pyrrole nitrogens is 1. The Bertz CT molecular complexity index is 1030. The van der Waals surface area contributed by atoms with Gasteiger partial charge in [-0.3, -0.25) is 14.9 Å². The zero-order chi connectivity index (χ0) is 15.0. The number of carbonyl (C=O) groups is 2. The second-order valence-electron chi connectivity index (χ2n) is 6.07. The van der Waals surface area contributed by atoms with Crippen molar-refractivity contribution in [3.63, 3.8) is 0 Å². The molecule has 3 aromatic rings. The summed E-state index contributed by atoms with van der Waals surface area (Å²) in [7, 11) is 0. The van der Waals surface area contributed by atoms with Crippen molar-refractivity contribution >= 4 is 33.8 Å². The number of nitrogens with one attached hydrogen (secondary N) is 2. The number of fused-ring (bicyclic) bond motifs is 8. The van der Waals surface area contributed by atoms with Crippen LogP contribution in [0.1, 0.15) is 44.0 Å². The lowest BCUT2D eigenvalue weighted by Gasteiger charge is -2.07. The zero-order valence-corrected chi connectivity index (χ0v) is 12.0. The molecular formula is C17H13N3O2. The maximum Gasteiger partial charge on any atom is 0.259 e. The minimum atomic E-state index is -0.291. The zero-order valence-electron chi connectivity index (χ0n) is 12.0. The topological polar surface area (TPSA) is 74.8 Å². The summed E-state index contributed by atoms with van der Waals surface area (Å²) in [6.07, 6.45) is 2.81. The quantitative estimate of drug-likeness (QED) is 0.624. The number of carbonyl (C=O) groups excluding carboxylic acids is 2. The van der Waals surface area contributed by atoms with Crippen LogP contribution in [-0.4, -0.2) is 21.8 Å². The Morgan fingerprint density at radius 1 is 1.05 bits per heavy atom. The van der Waals surface area contributed by atoms with E-state index >= 15 is 0 Å². The summed E-state index contributed by atoms with van der Waals surface area (Å²) in [5, 5.41) is 4.22. The predicted octanol–water partition coefficient (Wildman–Crippen LogP) is 2.40. The maximum atomic E-state index is 12.3. The van der Waals surface area contributed by atoms with Crippen LogP contribution < -0.4 is 5.32 Å². The summed E-state index contributed by atoms with van der Waals surface area (Å²) in [5.74, 6) is -0.546. The van der Waals surface area contributed by atoms with E-state index in [1.54, 1.807) is 0 Å². The van der Waals surface area contributed by atoms with Crippen molar-refractivity contribution in [1.82, 2.24) is 15.3 Å². The van der Waals surface area contributed by atoms with Gasteiger partial charge in [-0.2, -0.15) is 0 Å². The van der Waals surface area contributed by atoms with Gasteiger partial charge in [0.1, 0.15) is 5.65 Å². The molecule has 2 N–H and O–H groups in total. The van der Waals surface area contributed by atoms with Gasteiger partial charge in [0, 0.05) is 16.5 Å². The third-order valence-corrected chi connectivity index (χ3v) is 4.80. The largest absolute Gasteiger partial charge is 0.339 e. The first-order chi connectivity index (χ1) is 10.6. The van der Waals surface area contributed by atoms with Gasteiger partial charge in [0.15, 0.2) is 0 Å². The molecule has 0 bridgehead atoms. The molecule has 108 valence electrons. The molecule has 5 nitrogen and oxygen atoms in total. The Morgan fingerprint density at radius 3 is 2.68 bits per heavy atom. The molecule has 5 heteroatoms. The molecule has 0 atom stereocenters. The molecule has 2 amide bonds. The number of hydrogen-bond acceptors (Lipinski definition) is 3. The molecule has 0 spiro atoms. The summed E-state index contributed by atoms with van der Waals surface area (Å²) in [6, 6.07) is 3.91. The molecule has 2 aliphatic rings. The number of rotatable bonds is 0. The van der Waals surface area contributed by atoms with Gasteiger partial charge in [-0.1, -0.05) is 0 Å². The van der Waals surface area contributed by atoms with E-state index in [9.17, 15) is 9.59 Å². The van der Waals surface area contributed by atoms with Crippen molar-refractivity contribution in [3.8, 4) is 0 Å². The minimum Gasteiger partial charge on any atom is -0.339 e. The predicted molar refractivity (Wildman–Crippen MR) is 82.2 cm³/mol. The average molecular weight is 291 g/mol. The van der Waals surface area contributed by atoms with Crippen LogP contribution in [0, 0.1) is 6.92 Å². The summed E-state index contributed by atoms with van der Waals surface area (Å²) in [4.78, 5) is 32.5. The SMILES string of the molecule is Cc1ccc2c(n1)[nH]c1c3c(c4c(c12)C(=O)NC4=O)CCC3. The lowest BCUT2D eigenvalue weighted by molar-refractivity contribution is 0.0880. The van der Waals surface area contributed by atoms with E-state index in [0.717, 1.165) is 52.5 Å². The number of hydrogen-bond donors (Lipinski definition) is 2. The van der Waals surface area contributed by atoms with Crippen molar-refractivity contribution in [1.29, 1.82) is 0 Å². The molecule has 22 heavy (non-hydrogen) atoms. The first-order valence-electron chi connectivity index (χ1n) is 7.47. The molecule has 1 aliphatic heterocycles. The van der Waals surface area contributed by atoms with Crippen molar-refractivity contribution in [2.24, 2.45) is 0 Å². The van der Waals surface area contributed by atoms with E-state index in [4.69, 9.17) is 0 Å². The van der Waals surface area contributed by atoms with Gasteiger partial charge < -0.3 is 4.98 Å². The highest BCUT2D eigenvalue weighted by atomic mass is 16.2. The van der Waals surface area contributed by atoms with E-state index in [-0.39, 0.29) is 11.8 Å².